The highest BCUT2D eigenvalue weighted by Crippen LogP contribution is 2.22. The van der Waals surface area contributed by atoms with Crippen LogP contribution in [-0.2, 0) is 0 Å². The molecule has 0 aromatic heterocycles. The van der Waals surface area contributed by atoms with Crippen molar-refractivity contribution in [2.75, 3.05) is 26.7 Å². The molecule has 0 radical (unpaired) electrons. The summed E-state index contributed by atoms with van der Waals surface area (Å²) >= 11 is 0. The maximum Gasteiger partial charge on any atom is 0.163 e. The monoisotopic (exact) mass is 278 g/mol. The van der Waals surface area contributed by atoms with Crippen molar-refractivity contribution in [3.8, 4) is 0 Å². The largest absolute Gasteiger partial charge is 0.326 e. The highest BCUT2D eigenvalue weighted by atomic mass is 19.1. The van der Waals surface area contributed by atoms with E-state index in [0.29, 0.717) is 12.0 Å². The normalized spacial score (nSPS) is 26.4. The Bertz CT molecular complexity index is 447. The molecule has 1 aromatic carbocycles. The summed E-state index contributed by atoms with van der Waals surface area (Å²) in [6, 6.07) is 5.87. The Kier molecular flexibility index (Phi) is 4.92. The van der Waals surface area contributed by atoms with Crippen LogP contribution in [0.1, 0.15) is 43.0 Å². The molecule has 0 spiro atoms. The maximum absolute atomic E-state index is 12.8. The fraction of sp³-hybridized carbons (Fsp3) is 0.588. The molecule has 1 aromatic rings. The summed E-state index contributed by atoms with van der Waals surface area (Å²) in [7, 11) is 2.30. The molecule has 2 nitrogen and oxygen atoms in total. The number of likely N-dealkylation sites (tertiary alicyclic amines) is 1. The van der Waals surface area contributed by atoms with Gasteiger partial charge in [0.05, 0.1) is 26.7 Å². The molecule has 3 heteroatoms. The van der Waals surface area contributed by atoms with Crippen molar-refractivity contribution in [2.24, 2.45) is 5.92 Å². The predicted molar refractivity (Wildman–Crippen MR) is 79.1 cm³/mol. The van der Waals surface area contributed by atoms with Crippen molar-refractivity contribution in [2.45, 2.75) is 32.6 Å². The quantitative estimate of drug-likeness (QED) is 0.593. The number of hydrogen-bond donors (Lipinski definition) is 0. The molecule has 0 bridgehead atoms. The van der Waals surface area contributed by atoms with E-state index in [0.717, 1.165) is 23.4 Å². The van der Waals surface area contributed by atoms with Crippen LogP contribution >= 0.6 is 0 Å². The Morgan fingerprint density at radius 2 is 1.85 bits per heavy atom. The molecule has 0 amide bonds. The molecule has 1 aliphatic heterocycles. The number of benzene rings is 1. The first-order valence-electron chi connectivity index (χ1n) is 7.61. The molecular weight excluding hydrogens is 253 g/mol. The number of hydrogen-bond acceptors (Lipinski definition) is 1. The summed E-state index contributed by atoms with van der Waals surface area (Å²) in [5, 5.41) is 0. The van der Waals surface area contributed by atoms with Crippen LogP contribution in [0.25, 0.3) is 0 Å². The molecule has 1 fully saturated rings. The molecule has 110 valence electrons. The average molecular weight is 278 g/mol. The summed E-state index contributed by atoms with van der Waals surface area (Å²) in [4.78, 5) is 12.0. The second-order valence-corrected chi connectivity index (χ2v) is 6.51. The van der Waals surface area contributed by atoms with E-state index in [4.69, 9.17) is 0 Å². The van der Waals surface area contributed by atoms with Gasteiger partial charge < -0.3 is 4.48 Å². The van der Waals surface area contributed by atoms with Gasteiger partial charge >= 0.3 is 0 Å². The third kappa shape index (κ3) is 4.14. The lowest BCUT2D eigenvalue weighted by Crippen LogP contribution is -2.50. The second kappa shape index (κ2) is 6.49. The van der Waals surface area contributed by atoms with E-state index in [1.54, 1.807) is 12.1 Å². The minimum Gasteiger partial charge on any atom is -0.326 e. The highest BCUT2D eigenvalue weighted by Gasteiger charge is 2.27. The van der Waals surface area contributed by atoms with Gasteiger partial charge in [-0.3, -0.25) is 4.79 Å². The van der Waals surface area contributed by atoms with Gasteiger partial charge in [-0.25, -0.2) is 4.39 Å². The number of Topliss-reactive ketones (excluding diaryl/α,β-unsaturated/α-hetero) is 1. The Balaban J connectivity index is 1.78. The first-order valence-corrected chi connectivity index (χ1v) is 7.61. The lowest BCUT2D eigenvalue weighted by molar-refractivity contribution is -0.915. The van der Waals surface area contributed by atoms with Gasteiger partial charge in [-0.2, -0.15) is 0 Å². The van der Waals surface area contributed by atoms with Gasteiger partial charge in [0, 0.05) is 18.4 Å². The third-order valence-corrected chi connectivity index (χ3v) is 4.59. The molecule has 20 heavy (non-hydrogen) atoms. The Labute approximate surface area is 121 Å². The van der Waals surface area contributed by atoms with Crippen molar-refractivity contribution in [3.05, 3.63) is 35.6 Å². The summed E-state index contributed by atoms with van der Waals surface area (Å²) in [5.74, 6) is 0.686. The van der Waals surface area contributed by atoms with Gasteiger partial charge in [0.25, 0.3) is 0 Å². The fourth-order valence-corrected chi connectivity index (χ4v) is 2.95. The standard InChI is InChI=1S/C17H25FNO/c1-14-9-12-19(2,13-10-14)11-3-4-17(20)15-5-7-16(18)8-6-15/h5-8,14H,3-4,9-13H2,1-2H3/q+1. The van der Waals surface area contributed by atoms with Gasteiger partial charge in [0.2, 0.25) is 0 Å². The number of ketones is 1. The van der Waals surface area contributed by atoms with Crippen LogP contribution in [0.5, 0.6) is 0 Å². The lowest BCUT2D eigenvalue weighted by atomic mass is 9.97. The molecule has 1 saturated heterocycles. The second-order valence-electron chi connectivity index (χ2n) is 6.51. The lowest BCUT2D eigenvalue weighted by Gasteiger charge is -2.40. The van der Waals surface area contributed by atoms with Crippen molar-refractivity contribution < 1.29 is 13.7 Å². The van der Waals surface area contributed by atoms with Crippen LogP contribution in [0.2, 0.25) is 0 Å². The molecule has 0 saturated carbocycles. The fourth-order valence-electron chi connectivity index (χ4n) is 2.95. The zero-order valence-electron chi connectivity index (χ0n) is 12.6. The van der Waals surface area contributed by atoms with Crippen molar-refractivity contribution in [1.82, 2.24) is 0 Å². The van der Waals surface area contributed by atoms with E-state index in [2.05, 4.69) is 14.0 Å². The van der Waals surface area contributed by atoms with E-state index >= 15 is 0 Å². The number of carbonyl (C=O) groups is 1. The van der Waals surface area contributed by atoms with Gasteiger partial charge in [-0.15, -0.1) is 0 Å². The van der Waals surface area contributed by atoms with Crippen molar-refractivity contribution in [1.29, 1.82) is 0 Å². The molecule has 0 unspecified atom stereocenters. The van der Waals surface area contributed by atoms with Gasteiger partial charge in [-0.05, 0) is 43.0 Å². The summed E-state index contributed by atoms with van der Waals surface area (Å²) in [6.07, 6.45) is 4.07. The first kappa shape index (κ1) is 15.2. The number of carbonyl (C=O) groups excluding carboxylic acids is 1. The Morgan fingerprint density at radius 1 is 1.25 bits per heavy atom. The van der Waals surface area contributed by atoms with E-state index in [9.17, 15) is 9.18 Å². The molecular formula is C17H25FNO+. The highest BCUT2D eigenvalue weighted by molar-refractivity contribution is 5.95. The minimum atomic E-state index is -0.290. The topological polar surface area (TPSA) is 17.1 Å². The van der Waals surface area contributed by atoms with Crippen molar-refractivity contribution >= 4 is 5.78 Å². The van der Waals surface area contributed by atoms with Crippen LogP contribution in [0.4, 0.5) is 4.39 Å². The molecule has 1 heterocycles. The van der Waals surface area contributed by atoms with Crippen LogP contribution in [0.3, 0.4) is 0 Å². The molecule has 0 atom stereocenters. The van der Waals surface area contributed by atoms with Gasteiger partial charge in [0.1, 0.15) is 5.82 Å². The number of quaternary nitrogens is 1. The minimum absolute atomic E-state index is 0.127. The number of piperidine rings is 1. The molecule has 1 aliphatic rings. The van der Waals surface area contributed by atoms with E-state index in [1.165, 1.54) is 38.1 Å². The number of nitrogens with zero attached hydrogens (tertiary/aromatic N) is 1. The average Bonchev–Trinajstić information content (AvgIpc) is 2.43. The zero-order chi connectivity index (χ0) is 14.6. The zero-order valence-corrected chi connectivity index (χ0v) is 12.6. The third-order valence-electron chi connectivity index (χ3n) is 4.59. The van der Waals surface area contributed by atoms with Gasteiger partial charge in [0.15, 0.2) is 5.78 Å². The van der Waals surface area contributed by atoms with E-state index in [1.807, 2.05) is 0 Å². The van der Waals surface area contributed by atoms with E-state index in [-0.39, 0.29) is 11.6 Å². The number of halogens is 1. The first-order chi connectivity index (χ1) is 9.48. The molecule has 0 aliphatic carbocycles. The van der Waals surface area contributed by atoms with Crippen LogP contribution in [0.15, 0.2) is 24.3 Å². The Morgan fingerprint density at radius 3 is 2.45 bits per heavy atom. The van der Waals surface area contributed by atoms with Crippen LogP contribution in [0, 0.1) is 11.7 Å². The molecule has 0 N–H and O–H groups in total. The SMILES string of the molecule is CC1CC[N+](C)(CCCC(=O)c2ccc(F)cc2)CC1. The van der Waals surface area contributed by atoms with Crippen LogP contribution in [-0.4, -0.2) is 36.9 Å². The number of rotatable bonds is 5. The molecule has 2 rings (SSSR count). The summed E-state index contributed by atoms with van der Waals surface area (Å²) in [5.41, 5.74) is 0.626. The predicted octanol–water partition coefficient (Wildman–Crippen LogP) is 3.67. The summed E-state index contributed by atoms with van der Waals surface area (Å²) < 4.78 is 13.9. The maximum atomic E-state index is 12.8. The van der Waals surface area contributed by atoms with Gasteiger partial charge in [-0.1, -0.05) is 6.92 Å². The Hall–Kier alpha value is -1.22. The summed E-state index contributed by atoms with van der Waals surface area (Å²) in [6.45, 7) is 5.85. The smallest absolute Gasteiger partial charge is 0.163 e. The van der Waals surface area contributed by atoms with Crippen LogP contribution < -0.4 is 0 Å². The van der Waals surface area contributed by atoms with E-state index < -0.39 is 0 Å². The van der Waals surface area contributed by atoms with Crippen molar-refractivity contribution in [3.63, 3.8) is 0 Å².